The number of likely N-dealkylation sites (tertiary alicyclic amines) is 1. The van der Waals surface area contributed by atoms with Crippen LogP contribution < -0.4 is 10.6 Å². The first kappa shape index (κ1) is 29.5. The number of carbonyl (C=O) groups is 3. The van der Waals surface area contributed by atoms with Gasteiger partial charge in [0.1, 0.15) is 24.7 Å². The number of aromatic nitrogens is 2. The lowest BCUT2D eigenvalue weighted by Gasteiger charge is -2.43. The molecule has 15 heteroatoms. The van der Waals surface area contributed by atoms with Gasteiger partial charge in [-0.25, -0.2) is 27.5 Å². The van der Waals surface area contributed by atoms with E-state index in [0.29, 0.717) is 23.4 Å². The topological polar surface area (TPSA) is 104 Å². The number of fused-ring (bicyclic) bond motifs is 3. The molecule has 0 unspecified atom stereocenters. The minimum absolute atomic E-state index is 0.00300. The van der Waals surface area contributed by atoms with Crippen molar-refractivity contribution in [2.24, 2.45) is 0 Å². The van der Waals surface area contributed by atoms with Gasteiger partial charge in [-0.3, -0.25) is 14.4 Å². The highest BCUT2D eigenvalue weighted by Crippen LogP contribution is 2.46. The van der Waals surface area contributed by atoms with Gasteiger partial charge < -0.3 is 15.5 Å². The highest BCUT2D eigenvalue weighted by atomic mass is 19.4. The fraction of sp³-hybridized carbons (Fsp3) is 0.345. The molecule has 4 atom stereocenters. The first-order valence-electron chi connectivity index (χ1n) is 13.4. The molecular formula is C29H22F7N5O3. The number of benzene rings is 2. The van der Waals surface area contributed by atoms with Crippen LogP contribution in [0.4, 0.5) is 36.6 Å². The Morgan fingerprint density at radius 1 is 1.07 bits per heavy atom. The summed E-state index contributed by atoms with van der Waals surface area (Å²) in [4.78, 5) is 47.8. The van der Waals surface area contributed by atoms with Crippen molar-refractivity contribution < 1.29 is 45.1 Å². The zero-order valence-corrected chi connectivity index (χ0v) is 22.7. The van der Waals surface area contributed by atoms with Gasteiger partial charge in [0, 0.05) is 40.9 Å². The van der Waals surface area contributed by atoms with E-state index in [0.717, 1.165) is 12.5 Å². The number of carbonyl (C=O) groups excluding carboxylic acids is 3. The second kappa shape index (κ2) is 10.3. The number of alkyl halides is 3. The molecule has 3 aromatic rings. The zero-order chi connectivity index (χ0) is 31.7. The van der Waals surface area contributed by atoms with Crippen molar-refractivity contribution in [3.8, 4) is 0 Å². The van der Waals surface area contributed by atoms with Crippen molar-refractivity contribution in [3.05, 3.63) is 87.9 Å². The molecule has 1 aliphatic carbocycles. The maximum Gasteiger partial charge on any atom is 0.406 e. The predicted molar refractivity (Wildman–Crippen MR) is 138 cm³/mol. The lowest BCUT2D eigenvalue weighted by atomic mass is 9.80. The SMILES string of the molecule is C[C@@H]1[C@H](c2c(F)c(F)cc(F)c2F)C[C@H](NC(=O)c2ccc3c(c2)C[C@@]2(C3)C(=O)Nc3ncncc32)C(=O)N1CC(F)(F)F. The molecule has 8 nitrogen and oxygen atoms in total. The van der Waals surface area contributed by atoms with E-state index in [1.807, 2.05) is 0 Å². The third-order valence-electron chi connectivity index (χ3n) is 8.66. The van der Waals surface area contributed by atoms with E-state index in [2.05, 4.69) is 20.6 Å². The third-order valence-corrected chi connectivity index (χ3v) is 8.66. The van der Waals surface area contributed by atoms with Crippen LogP contribution in [0.15, 0.2) is 36.8 Å². The quantitative estimate of drug-likeness (QED) is 0.338. The molecule has 0 radical (unpaired) electrons. The molecule has 6 rings (SSSR count). The van der Waals surface area contributed by atoms with E-state index in [1.54, 1.807) is 6.07 Å². The number of halogens is 7. The van der Waals surface area contributed by atoms with E-state index in [9.17, 15) is 45.1 Å². The zero-order valence-electron chi connectivity index (χ0n) is 22.7. The van der Waals surface area contributed by atoms with Gasteiger partial charge >= 0.3 is 6.18 Å². The van der Waals surface area contributed by atoms with Crippen molar-refractivity contribution in [3.63, 3.8) is 0 Å². The summed E-state index contributed by atoms with van der Waals surface area (Å²) in [7, 11) is 0. The molecule has 1 saturated heterocycles. The monoisotopic (exact) mass is 621 g/mol. The van der Waals surface area contributed by atoms with Crippen LogP contribution in [0.5, 0.6) is 0 Å². The third kappa shape index (κ3) is 4.74. The minimum Gasteiger partial charge on any atom is -0.340 e. The Bertz CT molecular complexity index is 1710. The second-order valence-corrected chi connectivity index (χ2v) is 11.2. The van der Waals surface area contributed by atoms with Crippen LogP contribution in [-0.4, -0.2) is 57.4 Å². The Morgan fingerprint density at radius 2 is 1.75 bits per heavy atom. The summed E-state index contributed by atoms with van der Waals surface area (Å²) in [5.74, 6) is -10.8. The first-order chi connectivity index (χ1) is 20.7. The number of hydrogen-bond acceptors (Lipinski definition) is 5. The van der Waals surface area contributed by atoms with Crippen LogP contribution in [0.2, 0.25) is 0 Å². The molecule has 3 amide bonds. The summed E-state index contributed by atoms with van der Waals surface area (Å²) in [6, 6.07) is 1.21. The van der Waals surface area contributed by atoms with E-state index >= 15 is 0 Å². The van der Waals surface area contributed by atoms with Crippen molar-refractivity contribution in [2.75, 3.05) is 11.9 Å². The van der Waals surface area contributed by atoms with Crippen molar-refractivity contribution in [2.45, 2.75) is 55.8 Å². The number of anilines is 1. The van der Waals surface area contributed by atoms with Gasteiger partial charge in [-0.2, -0.15) is 13.2 Å². The predicted octanol–water partition coefficient (Wildman–Crippen LogP) is 4.09. The number of nitrogens with zero attached hydrogens (tertiary/aromatic N) is 3. The summed E-state index contributed by atoms with van der Waals surface area (Å²) in [5.41, 5.74) is -0.170. The standard InChI is InChI=1S/C29H22F7N5O3/c1-12-16(21-22(32)18(30)6-19(31)23(21)33)5-20(26(43)41(12)10-29(34,35)36)39-25(42)13-2-3-14-7-28(8-15(14)4-13)17-9-37-11-38-24(17)40-27(28)44/h2-4,6,9,11-12,16,20H,5,7-8,10H2,1H3,(H,39,42)(H,37,38,40,44)/t12-,16-,20+,28-/m1/s1. The Morgan fingerprint density at radius 3 is 2.43 bits per heavy atom. The molecule has 2 aromatic carbocycles. The fourth-order valence-electron chi connectivity index (χ4n) is 6.52. The summed E-state index contributed by atoms with van der Waals surface area (Å²) >= 11 is 0. The molecule has 3 aliphatic rings. The summed E-state index contributed by atoms with van der Waals surface area (Å²) in [5, 5.41) is 5.06. The molecule has 2 N–H and O–H groups in total. The Balaban J connectivity index is 1.29. The highest BCUT2D eigenvalue weighted by Gasteiger charge is 2.52. The normalized spacial score (nSPS) is 24.4. The number of piperidine rings is 1. The van der Waals surface area contributed by atoms with Crippen LogP contribution in [-0.2, 0) is 27.8 Å². The lowest BCUT2D eigenvalue weighted by molar-refractivity contribution is -0.170. The van der Waals surface area contributed by atoms with Crippen molar-refractivity contribution in [1.29, 1.82) is 0 Å². The van der Waals surface area contributed by atoms with Crippen LogP contribution in [0.1, 0.15) is 51.9 Å². The molecule has 3 heterocycles. The van der Waals surface area contributed by atoms with E-state index in [1.165, 1.54) is 24.7 Å². The maximum atomic E-state index is 14.8. The summed E-state index contributed by atoms with van der Waals surface area (Å²) in [6.45, 7) is -0.752. The Kier molecular flexibility index (Phi) is 6.89. The van der Waals surface area contributed by atoms with Gasteiger partial charge in [0.05, 0.1) is 5.41 Å². The molecule has 1 aromatic heterocycles. The van der Waals surface area contributed by atoms with Gasteiger partial charge in [-0.1, -0.05) is 6.07 Å². The van der Waals surface area contributed by atoms with Gasteiger partial charge in [0.25, 0.3) is 5.91 Å². The maximum absolute atomic E-state index is 14.8. The molecule has 1 fully saturated rings. The summed E-state index contributed by atoms with van der Waals surface area (Å²) in [6.07, 6.45) is -2.25. The molecule has 0 bridgehead atoms. The molecular weight excluding hydrogens is 599 g/mol. The Labute approximate surface area is 244 Å². The van der Waals surface area contributed by atoms with Gasteiger partial charge in [0.15, 0.2) is 23.3 Å². The molecule has 2 aliphatic heterocycles. The van der Waals surface area contributed by atoms with E-state index in [-0.39, 0.29) is 28.9 Å². The number of rotatable bonds is 4. The van der Waals surface area contributed by atoms with E-state index < -0.39 is 83.2 Å². The van der Waals surface area contributed by atoms with Crippen LogP contribution in [0, 0.1) is 23.3 Å². The minimum atomic E-state index is -4.93. The number of hydrogen-bond donors (Lipinski definition) is 2. The average Bonchev–Trinajstić information content (AvgIpc) is 3.48. The van der Waals surface area contributed by atoms with Gasteiger partial charge in [-0.15, -0.1) is 0 Å². The molecule has 230 valence electrons. The largest absolute Gasteiger partial charge is 0.406 e. The van der Waals surface area contributed by atoms with Gasteiger partial charge in [0.2, 0.25) is 11.8 Å². The fourth-order valence-corrected chi connectivity index (χ4v) is 6.52. The lowest BCUT2D eigenvalue weighted by Crippen LogP contribution is -2.60. The Hall–Kier alpha value is -4.56. The average molecular weight is 622 g/mol. The molecule has 1 spiro atoms. The highest BCUT2D eigenvalue weighted by molar-refractivity contribution is 6.06. The van der Waals surface area contributed by atoms with Crippen LogP contribution in [0.3, 0.4) is 0 Å². The number of amides is 3. The summed E-state index contributed by atoms with van der Waals surface area (Å²) < 4.78 is 98.0. The number of nitrogens with one attached hydrogen (secondary N) is 2. The van der Waals surface area contributed by atoms with Crippen molar-refractivity contribution in [1.82, 2.24) is 20.2 Å². The van der Waals surface area contributed by atoms with Crippen LogP contribution >= 0.6 is 0 Å². The van der Waals surface area contributed by atoms with Crippen molar-refractivity contribution >= 4 is 23.5 Å². The molecule has 44 heavy (non-hydrogen) atoms. The first-order valence-corrected chi connectivity index (χ1v) is 13.4. The molecule has 0 saturated carbocycles. The van der Waals surface area contributed by atoms with Gasteiger partial charge in [-0.05, 0) is 49.4 Å². The van der Waals surface area contributed by atoms with E-state index in [4.69, 9.17) is 0 Å². The van der Waals surface area contributed by atoms with Crippen LogP contribution in [0.25, 0.3) is 0 Å². The smallest absolute Gasteiger partial charge is 0.340 e. The second-order valence-electron chi connectivity index (χ2n) is 11.2.